The van der Waals surface area contributed by atoms with Crippen LogP contribution in [0.4, 0.5) is 11.4 Å². The molecule has 0 N–H and O–H groups in total. The highest BCUT2D eigenvalue weighted by Gasteiger charge is 2.21. The molecule has 0 radical (unpaired) electrons. The molecule has 0 unspecified atom stereocenters. The molecule has 1 aromatic rings. The Bertz CT molecular complexity index is 432. The maximum absolute atomic E-state index is 10.8. The van der Waals surface area contributed by atoms with E-state index in [1.807, 2.05) is 20.2 Å². The Hall–Kier alpha value is -1.62. The Labute approximate surface area is 101 Å². The molecule has 17 heavy (non-hydrogen) atoms. The molecule has 0 saturated heterocycles. The smallest absolute Gasteiger partial charge is 0.271 e. The van der Waals surface area contributed by atoms with Crippen LogP contribution in [0.25, 0.3) is 0 Å². The van der Waals surface area contributed by atoms with E-state index < -0.39 is 0 Å². The van der Waals surface area contributed by atoms with E-state index in [-0.39, 0.29) is 10.6 Å². The normalized spacial score (nSPS) is 14.2. The van der Waals surface area contributed by atoms with Crippen LogP contribution >= 0.6 is 0 Å². The molecule has 92 valence electrons. The number of nitrogens with zero attached hydrogens (tertiary/aromatic N) is 3. The SMILES string of the molecule is CN(C)CCN1CCc2ccc([N+](=O)[O-])cc21. The van der Waals surface area contributed by atoms with Crippen molar-refractivity contribution in [3.8, 4) is 0 Å². The number of hydrogen-bond donors (Lipinski definition) is 0. The van der Waals surface area contributed by atoms with E-state index in [4.69, 9.17) is 0 Å². The maximum atomic E-state index is 10.8. The molecule has 0 amide bonds. The molecular formula is C12H17N3O2. The topological polar surface area (TPSA) is 49.6 Å². The molecular weight excluding hydrogens is 218 g/mol. The molecule has 1 aliphatic heterocycles. The second-order valence-electron chi connectivity index (χ2n) is 4.61. The van der Waals surface area contributed by atoms with Gasteiger partial charge in [0.25, 0.3) is 5.69 Å². The van der Waals surface area contributed by atoms with E-state index in [0.29, 0.717) is 0 Å². The lowest BCUT2D eigenvalue weighted by atomic mass is 10.1. The first-order valence-corrected chi connectivity index (χ1v) is 5.75. The summed E-state index contributed by atoms with van der Waals surface area (Å²) >= 11 is 0. The third-order valence-electron chi connectivity index (χ3n) is 3.09. The van der Waals surface area contributed by atoms with Gasteiger partial charge in [0.1, 0.15) is 0 Å². The lowest BCUT2D eigenvalue weighted by molar-refractivity contribution is -0.384. The summed E-state index contributed by atoms with van der Waals surface area (Å²) in [7, 11) is 4.06. The molecule has 1 aromatic carbocycles. The van der Waals surface area contributed by atoms with Crippen LogP contribution < -0.4 is 4.90 Å². The van der Waals surface area contributed by atoms with Gasteiger partial charge in [-0.05, 0) is 26.1 Å². The van der Waals surface area contributed by atoms with Gasteiger partial charge in [-0.1, -0.05) is 6.07 Å². The minimum absolute atomic E-state index is 0.181. The summed E-state index contributed by atoms with van der Waals surface area (Å²) in [6, 6.07) is 5.16. The third kappa shape index (κ3) is 2.55. The molecule has 0 bridgehead atoms. The van der Waals surface area contributed by atoms with Crippen LogP contribution in [0.3, 0.4) is 0 Å². The summed E-state index contributed by atoms with van der Waals surface area (Å²) in [5.74, 6) is 0. The van der Waals surface area contributed by atoms with Crippen LogP contribution in [-0.4, -0.2) is 43.6 Å². The lowest BCUT2D eigenvalue weighted by Gasteiger charge is -2.21. The van der Waals surface area contributed by atoms with Crippen molar-refractivity contribution in [3.05, 3.63) is 33.9 Å². The van der Waals surface area contributed by atoms with Crippen LogP contribution in [-0.2, 0) is 6.42 Å². The highest BCUT2D eigenvalue weighted by Crippen LogP contribution is 2.31. The molecule has 0 fully saturated rings. The number of hydrogen-bond acceptors (Lipinski definition) is 4. The molecule has 0 aromatic heterocycles. The molecule has 1 aliphatic rings. The number of non-ortho nitro benzene ring substituents is 1. The van der Waals surface area contributed by atoms with Crippen molar-refractivity contribution in [2.75, 3.05) is 38.6 Å². The molecule has 0 aliphatic carbocycles. The average Bonchev–Trinajstić information content (AvgIpc) is 2.68. The van der Waals surface area contributed by atoms with Gasteiger partial charge in [0.05, 0.1) is 4.92 Å². The second kappa shape index (κ2) is 4.71. The van der Waals surface area contributed by atoms with Gasteiger partial charge in [-0.2, -0.15) is 0 Å². The number of fused-ring (bicyclic) bond motifs is 1. The number of nitro benzene ring substituents is 1. The zero-order valence-electron chi connectivity index (χ0n) is 10.2. The number of nitro groups is 1. The van der Waals surface area contributed by atoms with Crippen LogP contribution in [0.15, 0.2) is 18.2 Å². The standard InChI is InChI=1S/C12H17N3O2/c1-13(2)7-8-14-6-5-10-3-4-11(15(16)17)9-12(10)14/h3-4,9H,5-8H2,1-2H3. The number of likely N-dealkylation sites (N-methyl/N-ethyl adjacent to an activating group) is 1. The molecule has 5 heteroatoms. The third-order valence-corrected chi connectivity index (χ3v) is 3.09. The van der Waals surface area contributed by atoms with Gasteiger partial charge in [0, 0.05) is 37.5 Å². The Morgan fingerprint density at radius 2 is 2.24 bits per heavy atom. The van der Waals surface area contributed by atoms with Gasteiger partial charge in [-0.25, -0.2) is 0 Å². The predicted molar refractivity (Wildman–Crippen MR) is 67.6 cm³/mol. The first-order valence-electron chi connectivity index (χ1n) is 5.75. The van der Waals surface area contributed by atoms with Gasteiger partial charge >= 0.3 is 0 Å². The van der Waals surface area contributed by atoms with Crippen LogP contribution in [0.5, 0.6) is 0 Å². The highest BCUT2D eigenvalue weighted by molar-refractivity contribution is 5.62. The molecule has 0 spiro atoms. The fourth-order valence-corrected chi connectivity index (χ4v) is 2.10. The molecule has 5 nitrogen and oxygen atoms in total. The van der Waals surface area contributed by atoms with Crippen molar-refractivity contribution in [1.29, 1.82) is 0 Å². The van der Waals surface area contributed by atoms with Gasteiger partial charge in [-0.15, -0.1) is 0 Å². The van der Waals surface area contributed by atoms with Crippen LogP contribution in [0.1, 0.15) is 5.56 Å². The van der Waals surface area contributed by atoms with Crippen LogP contribution in [0, 0.1) is 10.1 Å². The van der Waals surface area contributed by atoms with Crippen molar-refractivity contribution in [1.82, 2.24) is 4.90 Å². The molecule has 2 rings (SSSR count). The van der Waals surface area contributed by atoms with E-state index in [9.17, 15) is 10.1 Å². The van der Waals surface area contributed by atoms with Crippen molar-refractivity contribution in [3.63, 3.8) is 0 Å². The zero-order valence-corrected chi connectivity index (χ0v) is 10.2. The first kappa shape index (κ1) is 11.9. The van der Waals surface area contributed by atoms with Gasteiger partial charge < -0.3 is 9.80 Å². The van der Waals surface area contributed by atoms with Gasteiger partial charge in [0.15, 0.2) is 0 Å². The van der Waals surface area contributed by atoms with Gasteiger partial charge in [-0.3, -0.25) is 10.1 Å². The van der Waals surface area contributed by atoms with E-state index >= 15 is 0 Å². The Morgan fingerprint density at radius 1 is 1.47 bits per heavy atom. The quantitative estimate of drug-likeness (QED) is 0.586. The Morgan fingerprint density at radius 3 is 2.88 bits per heavy atom. The predicted octanol–water partition coefficient (Wildman–Crippen LogP) is 1.52. The van der Waals surface area contributed by atoms with Crippen molar-refractivity contribution >= 4 is 11.4 Å². The average molecular weight is 235 g/mol. The number of anilines is 1. The van der Waals surface area contributed by atoms with E-state index in [2.05, 4.69) is 9.80 Å². The second-order valence-corrected chi connectivity index (χ2v) is 4.61. The Kier molecular flexibility index (Phi) is 3.28. The minimum atomic E-state index is -0.331. The molecule has 1 heterocycles. The van der Waals surface area contributed by atoms with Crippen LogP contribution in [0.2, 0.25) is 0 Å². The summed E-state index contributed by atoms with van der Waals surface area (Å²) in [5.41, 5.74) is 2.43. The monoisotopic (exact) mass is 235 g/mol. The lowest BCUT2D eigenvalue weighted by Crippen LogP contribution is -2.30. The number of benzene rings is 1. The van der Waals surface area contributed by atoms with E-state index in [1.54, 1.807) is 12.1 Å². The highest BCUT2D eigenvalue weighted by atomic mass is 16.6. The fourth-order valence-electron chi connectivity index (χ4n) is 2.10. The van der Waals surface area contributed by atoms with Crippen molar-refractivity contribution in [2.45, 2.75) is 6.42 Å². The fraction of sp³-hybridized carbons (Fsp3) is 0.500. The summed E-state index contributed by atoms with van der Waals surface area (Å²) in [4.78, 5) is 14.8. The van der Waals surface area contributed by atoms with Crippen molar-refractivity contribution in [2.24, 2.45) is 0 Å². The molecule has 0 atom stereocenters. The van der Waals surface area contributed by atoms with Gasteiger partial charge in [0.2, 0.25) is 0 Å². The minimum Gasteiger partial charge on any atom is -0.369 e. The number of rotatable bonds is 4. The zero-order chi connectivity index (χ0) is 12.4. The summed E-state index contributed by atoms with van der Waals surface area (Å²) < 4.78 is 0. The Balaban J connectivity index is 2.17. The maximum Gasteiger partial charge on any atom is 0.271 e. The summed E-state index contributed by atoms with van der Waals surface area (Å²) in [6.07, 6.45) is 0.987. The van der Waals surface area contributed by atoms with E-state index in [0.717, 1.165) is 31.7 Å². The summed E-state index contributed by atoms with van der Waals surface area (Å²) in [5, 5.41) is 10.8. The summed E-state index contributed by atoms with van der Waals surface area (Å²) in [6.45, 7) is 2.84. The largest absolute Gasteiger partial charge is 0.369 e. The molecule has 0 saturated carbocycles. The van der Waals surface area contributed by atoms with Crippen molar-refractivity contribution < 1.29 is 4.92 Å². The first-order chi connectivity index (χ1) is 8.08. The van der Waals surface area contributed by atoms with E-state index in [1.165, 1.54) is 5.56 Å².